The first kappa shape index (κ1) is 20.7. The topological polar surface area (TPSA) is 67.5 Å². The number of hydrogen-bond donors (Lipinski definition) is 1. The zero-order valence-corrected chi connectivity index (χ0v) is 17.8. The standard InChI is InChI=1S/C23H29N3O3/c1-6-26(7-2)22(27)14-29-20-10-9-17(13-21(20)28-8-3)23-24-18-11-15(4)16(5)12-19(18)25-23/h9-13H,6-8,14H2,1-5H3,(H,24,25). The first-order chi connectivity index (χ1) is 14.0. The molecule has 6 heteroatoms. The third-order valence-electron chi connectivity index (χ3n) is 5.08. The molecule has 0 spiro atoms. The molecular weight excluding hydrogens is 366 g/mol. The number of nitrogens with one attached hydrogen (secondary N) is 1. The predicted molar refractivity (Wildman–Crippen MR) is 116 cm³/mol. The Labute approximate surface area is 171 Å². The minimum absolute atomic E-state index is 0.00963. The lowest BCUT2D eigenvalue weighted by Crippen LogP contribution is -2.34. The molecule has 0 bridgehead atoms. The molecule has 0 aliphatic rings. The molecule has 0 fully saturated rings. The van der Waals surface area contributed by atoms with E-state index >= 15 is 0 Å². The molecule has 154 valence electrons. The molecule has 0 unspecified atom stereocenters. The second-order valence-electron chi connectivity index (χ2n) is 6.99. The van der Waals surface area contributed by atoms with E-state index < -0.39 is 0 Å². The lowest BCUT2D eigenvalue weighted by Gasteiger charge is -2.19. The number of H-pyrrole nitrogens is 1. The third-order valence-corrected chi connectivity index (χ3v) is 5.08. The maximum Gasteiger partial charge on any atom is 0.260 e. The molecule has 1 N–H and O–H groups in total. The van der Waals surface area contributed by atoms with Crippen LogP contribution in [0.2, 0.25) is 0 Å². The highest BCUT2D eigenvalue weighted by atomic mass is 16.5. The van der Waals surface area contributed by atoms with E-state index in [2.05, 4.69) is 31.0 Å². The van der Waals surface area contributed by atoms with Crippen LogP contribution >= 0.6 is 0 Å². The lowest BCUT2D eigenvalue weighted by atomic mass is 10.1. The maximum absolute atomic E-state index is 12.2. The van der Waals surface area contributed by atoms with Crippen molar-refractivity contribution < 1.29 is 14.3 Å². The minimum Gasteiger partial charge on any atom is -0.490 e. The predicted octanol–water partition coefficient (Wildman–Crippen LogP) is 4.49. The van der Waals surface area contributed by atoms with Crippen LogP contribution < -0.4 is 9.47 Å². The molecule has 1 heterocycles. The van der Waals surface area contributed by atoms with Gasteiger partial charge in [-0.1, -0.05) is 0 Å². The Bertz CT molecular complexity index is 967. The van der Waals surface area contributed by atoms with Gasteiger partial charge in [-0.05, 0) is 76.1 Å². The fraction of sp³-hybridized carbons (Fsp3) is 0.391. The normalized spacial score (nSPS) is 10.9. The fourth-order valence-corrected chi connectivity index (χ4v) is 3.26. The summed E-state index contributed by atoms with van der Waals surface area (Å²) in [6, 6.07) is 9.86. The molecule has 0 aliphatic heterocycles. The van der Waals surface area contributed by atoms with Crippen LogP contribution in [-0.4, -0.2) is 47.1 Å². The number of carbonyl (C=O) groups is 1. The van der Waals surface area contributed by atoms with Crippen LogP contribution in [0, 0.1) is 13.8 Å². The van der Waals surface area contributed by atoms with Gasteiger partial charge < -0.3 is 19.4 Å². The molecule has 3 aromatic rings. The number of amides is 1. The van der Waals surface area contributed by atoms with Crippen molar-refractivity contribution >= 4 is 16.9 Å². The third kappa shape index (κ3) is 4.53. The summed E-state index contributed by atoms with van der Waals surface area (Å²) in [7, 11) is 0. The zero-order chi connectivity index (χ0) is 21.0. The highest BCUT2D eigenvalue weighted by molar-refractivity contribution is 5.81. The van der Waals surface area contributed by atoms with E-state index in [0.29, 0.717) is 31.2 Å². The zero-order valence-electron chi connectivity index (χ0n) is 17.8. The van der Waals surface area contributed by atoms with Crippen molar-refractivity contribution in [3.05, 3.63) is 41.5 Å². The molecule has 0 radical (unpaired) electrons. The maximum atomic E-state index is 12.2. The van der Waals surface area contributed by atoms with Crippen LogP contribution in [0.3, 0.4) is 0 Å². The number of aryl methyl sites for hydroxylation is 2. The van der Waals surface area contributed by atoms with Gasteiger partial charge in [-0.3, -0.25) is 4.79 Å². The molecule has 6 nitrogen and oxygen atoms in total. The monoisotopic (exact) mass is 395 g/mol. The van der Waals surface area contributed by atoms with E-state index in [1.165, 1.54) is 11.1 Å². The summed E-state index contributed by atoms with van der Waals surface area (Å²) >= 11 is 0. The van der Waals surface area contributed by atoms with Crippen molar-refractivity contribution in [1.82, 2.24) is 14.9 Å². The Morgan fingerprint density at radius 3 is 2.41 bits per heavy atom. The summed E-state index contributed by atoms with van der Waals surface area (Å²) in [5.74, 6) is 1.89. The molecule has 0 aliphatic carbocycles. The largest absolute Gasteiger partial charge is 0.490 e. The van der Waals surface area contributed by atoms with E-state index in [4.69, 9.17) is 14.5 Å². The van der Waals surface area contributed by atoms with Crippen LogP contribution in [-0.2, 0) is 4.79 Å². The van der Waals surface area contributed by atoms with Gasteiger partial charge in [0, 0.05) is 18.7 Å². The SMILES string of the molecule is CCOc1cc(-c2nc3cc(C)c(C)cc3[nH]2)ccc1OCC(=O)N(CC)CC. The number of imidazole rings is 1. The van der Waals surface area contributed by atoms with Crippen LogP contribution in [0.5, 0.6) is 11.5 Å². The van der Waals surface area contributed by atoms with Crippen molar-refractivity contribution in [1.29, 1.82) is 0 Å². The van der Waals surface area contributed by atoms with Crippen LogP contribution in [0.1, 0.15) is 31.9 Å². The molecule has 0 saturated carbocycles. The number of likely N-dealkylation sites (N-methyl/N-ethyl adjacent to an activating group) is 1. The van der Waals surface area contributed by atoms with Gasteiger partial charge in [0.1, 0.15) is 5.82 Å². The van der Waals surface area contributed by atoms with Gasteiger partial charge in [0.15, 0.2) is 18.1 Å². The van der Waals surface area contributed by atoms with Crippen molar-refractivity contribution in [3.8, 4) is 22.9 Å². The highest BCUT2D eigenvalue weighted by Crippen LogP contribution is 2.33. The lowest BCUT2D eigenvalue weighted by molar-refractivity contribution is -0.132. The number of carbonyl (C=O) groups excluding carboxylic acids is 1. The summed E-state index contributed by atoms with van der Waals surface area (Å²) in [6.45, 7) is 11.8. The molecular formula is C23H29N3O3. The Hall–Kier alpha value is -3.02. The van der Waals surface area contributed by atoms with Crippen molar-refractivity contribution in [2.45, 2.75) is 34.6 Å². The molecule has 0 saturated heterocycles. The molecule has 29 heavy (non-hydrogen) atoms. The number of aromatic nitrogens is 2. The Morgan fingerprint density at radius 2 is 1.72 bits per heavy atom. The van der Waals surface area contributed by atoms with Gasteiger partial charge >= 0.3 is 0 Å². The smallest absolute Gasteiger partial charge is 0.260 e. The van der Waals surface area contributed by atoms with E-state index in [1.54, 1.807) is 4.90 Å². The average molecular weight is 396 g/mol. The van der Waals surface area contributed by atoms with E-state index in [9.17, 15) is 4.79 Å². The number of hydrogen-bond acceptors (Lipinski definition) is 4. The molecule has 3 rings (SSSR count). The molecule has 1 amide bonds. The number of fused-ring (bicyclic) bond motifs is 1. The molecule has 0 atom stereocenters. The van der Waals surface area contributed by atoms with Crippen molar-refractivity contribution in [2.75, 3.05) is 26.3 Å². The van der Waals surface area contributed by atoms with Crippen LogP contribution in [0.4, 0.5) is 0 Å². The summed E-state index contributed by atoms with van der Waals surface area (Å²) in [5, 5.41) is 0. The van der Waals surface area contributed by atoms with Gasteiger partial charge in [-0.25, -0.2) is 4.98 Å². The quantitative estimate of drug-likeness (QED) is 0.610. The summed E-state index contributed by atoms with van der Waals surface area (Å²) in [5.41, 5.74) is 5.29. The van der Waals surface area contributed by atoms with E-state index in [1.807, 2.05) is 39.0 Å². The number of rotatable bonds is 8. The van der Waals surface area contributed by atoms with Gasteiger partial charge in [0.25, 0.3) is 5.91 Å². The second-order valence-corrected chi connectivity index (χ2v) is 6.99. The van der Waals surface area contributed by atoms with E-state index in [-0.39, 0.29) is 12.5 Å². The van der Waals surface area contributed by atoms with Crippen molar-refractivity contribution in [2.24, 2.45) is 0 Å². The first-order valence-corrected chi connectivity index (χ1v) is 10.1. The number of nitrogens with zero attached hydrogens (tertiary/aromatic N) is 2. The average Bonchev–Trinajstić information content (AvgIpc) is 3.11. The van der Waals surface area contributed by atoms with E-state index in [0.717, 1.165) is 22.4 Å². The summed E-state index contributed by atoms with van der Waals surface area (Å²) in [4.78, 5) is 22.1. The highest BCUT2D eigenvalue weighted by Gasteiger charge is 2.15. The van der Waals surface area contributed by atoms with Crippen LogP contribution in [0.15, 0.2) is 30.3 Å². The summed E-state index contributed by atoms with van der Waals surface area (Å²) < 4.78 is 11.5. The molecule has 2 aromatic carbocycles. The van der Waals surface area contributed by atoms with Gasteiger partial charge in [0.05, 0.1) is 17.6 Å². The Balaban J connectivity index is 1.86. The van der Waals surface area contributed by atoms with Gasteiger partial charge in [-0.15, -0.1) is 0 Å². The Morgan fingerprint density at radius 1 is 1.00 bits per heavy atom. The first-order valence-electron chi connectivity index (χ1n) is 10.1. The minimum atomic E-state index is -0.0375. The van der Waals surface area contributed by atoms with Crippen molar-refractivity contribution in [3.63, 3.8) is 0 Å². The fourth-order valence-electron chi connectivity index (χ4n) is 3.26. The number of benzene rings is 2. The molecule has 1 aromatic heterocycles. The van der Waals surface area contributed by atoms with Gasteiger partial charge in [-0.2, -0.15) is 0 Å². The second kappa shape index (κ2) is 8.99. The summed E-state index contributed by atoms with van der Waals surface area (Å²) in [6.07, 6.45) is 0. The number of ether oxygens (including phenoxy) is 2. The van der Waals surface area contributed by atoms with Gasteiger partial charge in [0.2, 0.25) is 0 Å². The number of aromatic amines is 1. The van der Waals surface area contributed by atoms with Crippen LogP contribution in [0.25, 0.3) is 22.4 Å². The Kier molecular flexibility index (Phi) is 6.42.